The topological polar surface area (TPSA) is 80.3 Å². The molecule has 0 fully saturated rings. The number of carboxylic acids is 2. The maximum Gasteiger partial charge on any atom is 1.00 e. The van der Waals surface area contributed by atoms with Gasteiger partial charge in [-0.3, -0.25) is 0 Å². The van der Waals surface area contributed by atoms with Crippen molar-refractivity contribution in [3.8, 4) is 0 Å². The van der Waals surface area contributed by atoms with Crippen LogP contribution in [-0.2, 0) is 9.59 Å². The van der Waals surface area contributed by atoms with Crippen molar-refractivity contribution in [2.75, 3.05) is 0 Å². The normalized spacial score (nSPS) is 13.0. The van der Waals surface area contributed by atoms with E-state index in [2.05, 4.69) is 0 Å². The van der Waals surface area contributed by atoms with Crippen LogP contribution >= 0.6 is 23.2 Å². The predicted molar refractivity (Wildman–Crippen MR) is 38.5 cm³/mol. The van der Waals surface area contributed by atoms with Crippen molar-refractivity contribution < 1.29 is 78.9 Å². The predicted octanol–water partition coefficient (Wildman–Crippen LogP) is -7.51. The Labute approximate surface area is 136 Å². The number of alkyl halides is 2. The van der Waals surface area contributed by atoms with Crippen molar-refractivity contribution in [1.82, 2.24) is 0 Å². The second-order valence-electron chi connectivity index (χ2n) is 2.15. The number of carboxylic acid groups (broad SMARTS) is 2. The Bertz CT molecular complexity index is 171. The van der Waals surface area contributed by atoms with Gasteiger partial charge >= 0.3 is 59.1 Å². The molecule has 0 aromatic rings. The SMILES string of the molecule is O=C([O-])C(Cl)CCC(Cl)C(=O)[O-].[Na+].[Na+]. The van der Waals surface area contributed by atoms with E-state index in [0.717, 1.165) is 0 Å². The maximum atomic E-state index is 10.0. The monoisotopic (exact) mass is 258 g/mol. The molecule has 0 aromatic carbocycles. The number of hydrogen-bond donors (Lipinski definition) is 0. The molecule has 0 saturated heterocycles. The molecular weight excluding hydrogens is 253 g/mol. The number of carbonyl (C=O) groups excluding carboxylic acids is 2. The van der Waals surface area contributed by atoms with Crippen LogP contribution in [0.4, 0.5) is 0 Å². The van der Waals surface area contributed by atoms with E-state index in [4.69, 9.17) is 23.2 Å². The van der Waals surface area contributed by atoms with E-state index in [-0.39, 0.29) is 72.0 Å². The number of hydrogen-bond acceptors (Lipinski definition) is 4. The van der Waals surface area contributed by atoms with Crippen LogP contribution in [0.15, 0.2) is 0 Å². The van der Waals surface area contributed by atoms with Gasteiger partial charge in [0.15, 0.2) is 0 Å². The third-order valence-corrected chi connectivity index (χ3v) is 1.98. The van der Waals surface area contributed by atoms with Crippen molar-refractivity contribution in [2.24, 2.45) is 0 Å². The van der Waals surface area contributed by atoms with Crippen molar-refractivity contribution in [2.45, 2.75) is 23.6 Å². The second kappa shape index (κ2) is 11.0. The van der Waals surface area contributed by atoms with Gasteiger partial charge in [0.2, 0.25) is 0 Å². The molecule has 0 aliphatic carbocycles. The average Bonchev–Trinajstić information content (AvgIpc) is 1.98. The van der Waals surface area contributed by atoms with E-state index in [0.29, 0.717) is 0 Å². The summed E-state index contributed by atoms with van der Waals surface area (Å²) in [6, 6.07) is 0. The summed E-state index contributed by atoms with van der Waals surface area (Å²) >= 11 is 10.5. The molecular formula is C6H6Cl2Na2O4. The number of carbonyl (C=O) groups is 2. The van der Waals surface area contributed by atoms with Gasteiger partial charge in [0, 0.05) is 0 Å². The van der Waals surface area contributed by atoms with Crippen molar-refractivity contribution >= 4 is 35.1 Å². The van der Waals surface area contributed by atoms with Gasteiger partial charge in [-0.2, -0.15) is 0 Å². The van der Waals surface area contributed by atoms with Crippen LogP contribution in [0.25, 0.3) is 0 Å². The first-order valence-corrected chi connectivity index (χ1v) is 4.02. The molecule has 0 spiro atoms. The van der Waals surface area contributed by atoms with E-state index >= 15 is 0 Å². The summed E-state index contributed by atoms with van der Waals surface area (Å²) in [5.41, 5.74) is 0. The summed E-state index contributed by atoms with van der Waals surface area (Å²) in [5.74, 6) is -2.86. The average molecular weight is 259 g/mol. The molecule has 0 amide bonds. The van der Waals surface area contributed by atoms with Crippen LogP contribution in [0.1, 0.15) is 12.8 Å². The molecule has 8 heteroatoms. The standard InChI is InChI=1S/C6H8Cl2O4.2Na/c7-3(5(9)10)1-2-4(8)6(11)12;;/h3-4H,1-2H2,(H,9,10)(H,11,12);;/q;2*+1/p-2. The van der Waals surface area contributed by atoms with Gasteiger partial charge in [0.05, 0.1) is 22.7 Å². The van der Waals surface area contributed by atoms with E-state index < -0.39 is 22.7 Å². The summed E-state index contributed by atoms with van der Waals surface area (Å²) in [6.07, 6.45) is -0.0991. The first kappa shape index (κ1) is 20.9. The van der Waals surface area contributed by atoms with Crippen molar-refractivity contribution in [3.05, 3.63) is 0 Å². The van der Waals surface area contributed by atoms with Crippen LogP contribution in [0.2, 0.25) is 0 Å². The third kappa shape index (κ3) is 10.1. The molecule has 0 heterocycles. The Hall–Kier alpha value is 1.52. The summed E-state index contributed by atoms with van der Waals surface area (Å²) in [7, 11) is 0. The van der Waals surface area contributed by atoms with Gasteiger partial charge in [-0.25, -0.2) is 0 Å². The molecule has 0 radical (unpaired) electrons. The molecule has 2 unspecified atom stereocenters. The number of halogens is 2. The first-order valence-electron chi connectivity index (χ1n) is 3.15. The number of rotatable bonds is 5. The van der Waals surface area contributed by atoms with E-state index in [1.54, 1.807) is 0 Å². The zero-order valence-corrected chi connectivity index (χ0v) is 13.5. The minimum absolute atomic E-state index is 0. The van der Waals surface area contributed by atoms with Crippen LogP contribution in [0, 0.1) is 0 Å². The van der Waals surface area contributed by atoms with Crippen LogP contribution < -0.4 is 69.3 Å². The van der Waals surface area contributed by atoms with Crippen molar-refractivity contribution in [3.63, 3.8) is 0 Å². The summed E-state index contributed by atoms with van der Waals surface area (Å²) in [6.45, 7) is 0. The molecule has 0 bridgehead atoms. The molecule has 4 nitrogen and oxygen atoms in total. The third-order valence-electron chi connectivity index (χ3n) is 1.19. The fourth-order valence-corrected chi connectivity index (χ4v) is 0.780. The van der Waals surface area contributed by atoms with E-state index in [1.165, 1.54) is 0 Å². The smallest absolute Gasteiger partial charge is 0.549 e. The quantitative estimate of drug-likeness (QED) is 0.363. The minimum atomic E-state index is -1.43. The molecule has 0 aliphatic rings. The van der Waals surface area contributed by atoms with Crippen LogP contribution in [-0.4, -0.2) is 22.7 Å². The zero-order chi connectivity index (χ0) is 9.72. The molecule has 0 saturated carbocycles. The molecule has 0 N–H and O–H groups in total. The summed E-state index contributed by atoms with van der Waals surface area (Å²) in [5, 5.41) is 17.7. The molecule has 0 aromatic heterocycles. The molecule has 14 heavy (non-hydrogen) atoms. The maximum absolute atomic E-state index is 10.0. The Kier molecular flexibility index (Phi) is 16.4. The van der Waals surface area contributed by atoms with Gasteiger partial charge in [-0.05, 0) is 12.8 Å². The van der Waals surface area contributed by atoms with E-state index in [9.17, 15) is 19.8 Å². The summed E-state index contributed by atoms with van der Waals surface area (Å²) in [4.78, 5) is 20.1. The Morgan fingerprint density at radius 3 is 1.29 bits per heavy atom. The first-order chi connectivity index (χ1) is 5.45. The van der Waals surface area contributed by atoms with Gasteiger partial charge in [0.1, 0.15) is 0 Å². The molecule has 0 rings (SSSR count). The Morgan fingerprint density at radius 1 is 0.929 bits per heavy atom. The van der Waals surface area contributed by atoms with Crippen molar-refractivity contribution in [1.29, 1.82) is 0 Å². The Morgan fingerprint density at radius 2 is 1.14 bits per heavy atom. The molecule has 70 valence electrons. The molecule has 2 atom stereocenters. The largest absolute Gasteiger partial charge is 1.00 e. The van der Waals surface area contributed by atoms with E-state index in [1.807, 2.05) is 0 Å². The van der Waals surface area contributed by atoms with Crippen LogP contribution in [0.5, 0.6) is 0 Å². The fraction of sp³-hybridized carbons (Fsp3) is 0.667. The summed E-state index contributed by atoms with van der Waals surface area (Å²) < 4.78 is 0. The van der Waals surface area contributed by atoms with Gasteiger partial charge < -0.3 is 19.8 Å². The van der Waals surface area contributed by atoms with Gasteiger partial charge in [-0.1, -0.05) is 0 Å². The van der Waals surface area contributed by atoms with Crippen LogP contribution in [0.3, 0.4) is 0 Å². The minimum Gasteiger partial charge on any atom is -0.549 e. The van der Waals surface area contributed by atoms with Gasteiger partial charge in [0.25, 0.3) is 0 Å². The second-order valence-corrected chi connectivity index (χ2v) is 3.20. The Balaban J connectivity index is -0.000000605. The molecule has 0 aliphatic heterocycles. The van der Waals surface area contributed by atoms with Gasteiger partial charge in [-0.15, -0.1) is 23.2 Å². The fourth-order valence-electron chi connectivity index (χ4n) is 0.528. The zero-order valence-electron chi connectivity index (χ0n) is 7.96. The number of aliphatic carboxylic acids is 2.